The number of hydrogen-bond acceptors (Lipinski definition) is 2. The number of benzene rings is 1. The van der Waals surface area contributed by atoms with Crippen LogP contribution in [0.4, 0.5) is 0 Å². The minimum absolute atomic E-state index is 0.366. The Morgan fingerprint density at radius 2 is 1.72 bits per heavy atom. The molecule has 0 bridgehead atoms. The van der Waals surface area contributed by atoms with Crippen molar-refractivity contribution in [2.24, 2.45) is 0 Å². The third-order valence-electron chi connectivity index (χ3n) is 3.39. The van der Waals surface area contributed by atoms with Gasteiger partial charge in [-0.3, -0.25) is 0 Å². The maximum absolute atomic E-state index is 10.7. The smallest absolute Gasteiger partial charge is 0.113 e. The van der Waals surface area contributed by atoms with Gasteiger partial charge in [0.25, 0.3) is 0 Å². The molecule has 1 aromatic rings. The van der Waals surface area contributed by atoms with E-state index in [-0.39, 0.29) is 0 Å². The molecule has 0 radical (unpaired) electrons. The van der Waals surface area contributed by atoms with Gasteiger partial charge in [0.15, 0.2) is 0 Å². The number of hydrogen-bond donors (Lipinski definition) is 1. The molecule has 1 aromatic carbocycles. The van der Waals surface area contributed by atoms with Gasteiger partial charge in [-0.05, 0) is 12.0 Å². The highest BCUT2D eigenvalue weighted by Crippen LogP contribution is 2.27. The average molecular weight is 250 g/mol. The Hall–Kier alpha value is -0.860. The van der Waals surface area contributed by atoms with E-state index in [1.807, 2.05) is 30.3 Å². The Bertz CT molecular complexity index is 310. The zero-order valence-electron chi connectivity index (χ0n) is 11.7. The van der Waals surface area contributed by atoms with Crippen LogP contribution in [0.3, 0.4) is 0 Å². The molecule has 2 heteroatoms. The Balaban J connectivity index is 2.52. The van der Waals surface area contributed by atoms with E-state index in [9.17, 15) is 5.11 Å². The Labute approximate surface area is 111 Å². The van der Waals surface area contributed by atoms with Gasteiger partial charge in [-0.15, -0.1) is 0 Å². The van der Waals surface area contributed by atoms with Crippen molar-refractivity contribution in [3.05, 3.63) is 35.9 Å². The van der Waals surface area contributed by atoms with Crippen molar-refractivity contribution in [1.29, 1.82) is 0 Å². The predicted molar refractivity (Wildman–Crippen MR) is 75.6 cm³/mol. The van der Waals surface area contributed by atoms with E-state index in [1.165, 1.54) is 25.7 Å². The van der Waals surface area contributed by atoms with Gasteiger partial charge in [0.2, 0.25) is 0 Å². The van der Waals surface area contributed by atoms with Gasteiger partial charge >= 0.3 is 0 Å². The van der Waals surface area contributed by atoms with Gasteiger partial charge in [-0.1, -0.05) is 69.4 Å². The van der Waals surface area contributed by atoms with E-state index in [0.29, 0.717) is 6.61 Å². The molecule has 0 amide bonds. The quantitative estimate of drug-likeness (QED) is 0.674. The lowest BCUT2D eigenvalue weighted by molar-refractivity contribution is -0.0437. The van der Waals surface area contributed by atoms with E-state index in [1.54, 1.807) is 7.11 Å². The first-order valence-electron chi connectivity index (χ1n) is 7.00. The number of ether oxygens (including phenoxy) is 1. The molecule has 102 valence electrons. The normalized spacial score (nSPS) is 14.4. The second-order valence-electron chi connectivity index (χ2n) is 4.99. The average Bonchev–Trinajstić information content (AvgIpc) is 2.40. The highest BCUT2D eigenvalue weighted by atomic mass is 16.5. The molecule has 1 rings (SSSR count). The van der Waals surface area contributed by atoms with Crippen molar-refractivity contribution < 1.29 is 9.84 Å². The molecular weight excluding hydrogens is 224 g/mol. The summed E-state index contributed by atoms with van der Waals surface area (Å²) in [5, 5.41) is 10.7. The maximum Gasteiger partial charge on any atom is 0.113 e. The van der Waals surface area contributed by atoms with Crippen LogP contribution in [0.5, 0.6) is 0 Å². The van der Waals surface area contributed by atoms with E-state index < -0.39 is 5.60 Å². The Kier molecular flexibility index (Phi) is 6.99. The van der Waals surface area contributed by atoms with Crippen LogP contribution in [0.1, 0.15) is 51.0 Å². The molecule has 0 aliphatic carbocycles. The first-order valence-corrected chi connectivity index (χ1v) is 7.00. The van der Waals surface area contributed by atoms with Gasteiger partial charge in [0, 0.05) is 7.11 Å². The second-order valence-corrected chi connectivity index (χ2v) is 4.99. The molecule has 2 nitrogen and oxygen atoms in total. The number of unbranched alkanes of at least 4 members (excludes halogenated alkanes) is 4. The molecule has 1 unspecified atom stereocenters. The summed E-state index contributed by atoms with van der Waals surface area (Å²) < 4.78 is 5.19. The van der Waals surface area contributed by atoms with Crippen LogP contribution in [0.25, 0.3) is 0 Å². The fourth-order valence-corrected chi connectivity index (χ4v) is 2.31. The first-order chi connectivity index (χ1) is 8.73. The number of methoxy groups -OCH3 is 1. The Morgan fingerprint density at radius 3 is 2.33 bits per heavy atom. The highest BCUT2D eigenvalue weighted by Gasteiger charge is 2.28. The van der Waals surface area contributed by atoms with Crippen molar-refractivity contribution in [3.8, 4) is 0 Å². The highest BCUT2D eigenvalue weighted by molar-refractivity contribution is 5.22. The van der Waals surface area contributed by atoms with Crippen LogP contribution in [0.15, 0.2) is 30.3 Å². The van der Waals surface area contributed by atoms with E-state index >= 15 is 0 Å². The molecule has 1 N–H and O–H groups in total. The molecule has 0 saturated heterocycles. The Morgan fingerprint density at radius 1 is 1.06 bits per heavy atom. The molecule has 0 spiro atoms. The molecule has 0 fully saturated rings. The van der Waals surface area contributed by atoms with Gasteiger partial charge < -0.3 is 9.84 Å². The summed E-state index contributed by atoms with van der Waals surface area (Å²) in [5.41, 5.74) is 0.129. The first kappa shape index (κ1) is 15.2. The van der Waals surface area contributed by atoms with Gasteiger partial charge in [-0.25, -0.2) is 0 Å². The van der Waals surface area contributed by atoms with Gasteiger partial charge in [0.05, 0.1) is 6.61 Å². The molecule has 1 atom stereocenters. The minimum atomic E-state index is -0.831. The van der Waals surface area contributed by atoms with Crippen molar-refractivity contribution >= 4 is 0 Å². The third kappa shape index (κ3) is 4.79. The van der Waals surface area contributed by atoms with E-state index in [4.69, 9.17) is 4.74 Å². The van der Waals surface area contributed by atoms with Crippen molar-refractivity contribution in [3.63, 3.8) is 0 Å². The number of aliphatic hydroxyl groups is 1. The molecule has 0 aliphatic rings. The second kappa shape index (κ2) is 8.28. The minimum Gasteiger partial charge on any atom is -0.383 e. The maximum atomic E-state index is 10.7. The molecule has 0 heterocycles. The van der Waals surface area contributed by atoms with Crippen LogP contribution < -0.4 is 0 Å². The number of rotatable bonds is 9. The standard InChI is InChI=1S/C16H26O2/c1-3-4-5-6-10-13-16(17,14-18-2)15-11-8-7-9-12-15/h7-9,11-12,17H,3-6,10,13-14H2,1-2H3. The van der Waals surface area contributed by atoms with Crippen molar-refractivity contribution in [2.75, 3.05) is 13.7 Å². The molecular formula is C16H26O2. The van der Waals surface area contributed by atoms with E-state index in [0.717, 1.165) is 18.4 Å². The van der Waals surface area contributed by atoms with Crippen molar-refractivity contribution in [2.45, 2.75) is 51.0 Å². The molecule has 18 heavy (non-hydrogen) atoms. The summed E-state index contributed by atoms with van der Waals surface area (Å²) >= 11 is 0. The summed E-state index contributed by atoms with van der Waals surface area (Å²) in [4.78, 5) is 0. The fraction of sp³-hybridized carbons (Fsp3) is 0.625. The van der Waals surface area contributed by atoms with Gasteiger partial charge in [-0.2, -0.15) is 0 Å². The van der Waals surface area contributed by atoms with Gasteiger partial charge in [0.1, 0.15) is 5.60 Å². The zero-order chi connectivity index (χ0) is 13.3. The topological polar surface area (TPSA) is 29.5 Å². The summed E-state index contributed by atoms with van der Waals surface area (Å²) in [6.07, 6.45) is 6.80. The van der Waals surface area contributed by atoms with Crippen LogP contribution in [0, 0.1) is 0 Å². The van der Waals surface area contributed by atoms with Crippen LogP contribution >= 0.6 is 0 Å². The zero-order valence-corrected chi connectivity index (χ0v) is 11.7. The molecule has 0 aliphatic heterocycles. The van der Waals surface area contributed by atoms with E-state index in [2.05, 4.69) is 6.92 Å². The van der Waals surface area contributed by atoms with Crippen LogP contribution in [0.2, 0.25) is 0 Å². The van der Waals surface area contributed by atoms with Crippen LogP contribution in [-0.2, 0) is 10.3 Å². The summed E-state index contributed by atoms with van der Waals surface area (Å²) in [6, 6.07) is 9.86. The summed E-state index contributed by atoms with van der Waals surface area (Å²) in [7, 11) is 1.64. The summed E-state index contributed by atoms with van der Waals surface area (Å²) in [6.45, 7) is 2.58. The lowest BCUT2D eigenvalue weighted by Gasteiger charge is -2.28. The lowest BCUT2D eigenvalue weighted by atomic mass is 9.89. The summed E-state index contributed by atoms with van der Waals surface area (Å²) in [5.74, 6) is 0. The largest absolute Gasteiger partial charge is 0.383 e. The molecule has 0 saturated carbocycles. The monoisotopic (exact) mass is 250 g/mol. The lowest BCUT2D eigenvalue weighted by Crippen LogP contribution is -2.31. The molecule has 0 aromatic heterocycles. The predicted octanol–water partition coefficient (Wildman–Crippen LogP) is 3.88. The third-order valence-corrected chi connectivity index (χ3v) is 3.39. The SMILES string of the molecule is CCCCCCCC(O)(COC)c1ccccc1. The van der Waals surface area contributed by atoms with Crippen molar-refractivity contribution in [1.82, 2.24) is 0 Å². The fourth-order valence-electron chi connectivity index (χ4n) is 2.31. The van der Waals surface area contributed by atoms with Crippen LogP contribution in [-0.4, -0.2) is 18.8 Å².